The fourth-order valence-corrected chi connectivity index (χ4v) is 7.76. The van der Waals surface area contributed by atoms with Crippen LogP contribution < -0.4 is 14.5 Å². The zero-order valence-electron chi connectivity index (χ0n) is 27.9. The van der Waals surface area contributed by atoms with Gasteiger partial charge in [0, 0.05) is 68.0 Å². The highest BCUT2D eigenvalue weighted by molar-refractivity contribution is 7.59. The molecule has 0 spiro atoms. The number of carbonyl (C=O) groups is 1. The van der Waals surface area contributed by atoms with Crippen LogP contribution in [0.4, 0.5) is 15.9 Å². The van der Waals surface area contributed by atoms with Gasteiger partial charge in [-0.05, 0) is 42.9 Å². The molecule has 0 radical (unpaired) electrons. The van der Waals surface area contributed by atoms with Gasteiger partial charge < -0.3 is 29.0 Å². The van der Waals surface area contributed by atoms with Gasteiger partial charge in [-0.15, -0.1) is 0 Å². The van der Waals surface area contributed by atoms with Gasteiger partial charge >= 0.3 is 6.01 Å². The SMILES string of the molecule is S.S.S.[C-]#[N+]C[C@H]1CN(c2nc(OCCCN3C[C@@H]4C[C@H]3CO4)nc3c2CCN(c2cccc4cccc(Cl)c24)C3)CCN1C(=O)/C=C/CF. The van der Waals surface area contributed by atoms with E-state index in [4.69, 9.17) is 37.6 Å². The zero-order valence-corrected chi connectivity index (χ0v) is 31.6. The molecular weight excluding hydrogens is 717 g/mol. The van der Waals surface area contributed by atoms with Crippen molar-refractivity contribution in [2.24, 2.45) is 0 Å². The lowest BCUT2D eigenvalue weighted by atomic mass is 10.0. The van der Waals surface area contributed by atoms with Crippen LogP contribution in [0.1, 0.15) is 24.1 Å². The van der Waals surface area contributed by atoms with Crippen molar-refractivity contribution in [3.63, 3.8) is 0 Å². The third-order valence-corrected chi connectivity index (χ3v) is 10.1. The molecule has 3 fully saturated rings. The number of morpholine rings is 1. The first-order valence-electron chi connectivity index (χ1n) is 16.4. The van der Waals surface area contributed by atoms with Crippen molar-refractivity contribution in [3.8, 4) is 6.01 Å². The van der Waals surface area contributed by atoms with Crippen molar-refractivity contribution < 1.29 is 18.7 Å². The summed E-state index contributed by atoms with van der Waals surface area (Å²) in [6.07, 6.45) is 5.55. The van der Waals surface area contributed by atoms with E-state index in [1.807, 2.05) is 12.1 Å². The van der Waals surface area contributed by atoms with Crippen molar-refractivity contribution in [2.45, 2.75) is 44.0 Å². The maximum absolute atomic E-state index is 12.8. The Bertz CT molecular complexity index is 1710. The molecule has 4 aliphatic heterocycles. The Hall–Kier alpha value is -2.93. The summed E-state index contributed by atoms with van der Waals surface area (Å²) in [7, 11) is 0. The molecular formula is C35H45ClFN7O3S3. The predicted molar refractivity (Wildman–Crippen MR) is 211 cm³/mol. The second-order valence-corrected chi connectivity index (χ2v) is 13.0. The second kappa shape index (κ2) is 18.0. The number of alkyl halides is 1. The zero-order chi connectivity index (χ0) is 32.3. The van der Waals surface area contributed by atoms with Crippen LogP contribution >= 0.6 is 52.1 Å². The van der Waals surface area contributed by atoms with E-state index < -0.39 is 6.67 Å². The highest BCUT2D eigenvalue weighted by Gasteiger charge is 2.38. The molecule has 7 rings (SSSR count). The summed E-state index contributed by atoms with van der Waals surface area (Å²) in [6, 6.07) is 12.7. The lowest BCUT2D eigenvalue weighted by molar-refractivity contribution is -0.128. The summed E-state index contributed by atoms with van der Waals surface area (Å²) >= 11 is 6.71. The number of rotatable bonds is 10. The molecule has 3 saturated heterocycles. The number of nitrogens with zero attached hydrogens (tertiary/aromatic N) is 7. The van der Waals surface area contributed by atoms with Crippen LogP contribution in [0.3, 0.4) is 0 Å². The number of fused-ring (bicyclic) bond motifs is 4. The van der Waals surface area contributed by atoms with E-state index in [-0.39, 0.29) is 59.0 Å². The van der Waals surface area contributed by atoms with Gasteiger partial charge in [-0.25, -0.2) is 11.0 Å². The quantitative estimate of drug-likeness (QED) is 0.164. The molecule has 2 bridgehead atoms. The first-order valence-corrected chi connectivity index (χ1v) is 16.8. The minimum atomic E-state index is -0.704. The Morgan fingerprint density at radius 1 is 1.10 bits per heavy atom. The van der Waals surface area contributed by atoms with Crippen molar-refractivity contribution in [2.75, 3.05) is 75.5 Å². The number of anilines is 2. The molecule has 5 heterocycles. The normalized spacial score (nSPS) is 21.3. The van der Waals surface area contributed by atoms with Crippen molar-refractivity contribution in [3.05, 3.63) is 76.2 Å². The number of likely N-dealkylation sites (tertiary alicyclic amines) is 1. The Labute approximate surface area is 319 Å². The molecule has 2 aromatic carbocycles. The molecule has 0 saturated carbocycles. The van der Waals surface area contributed by atoms with Crippen LogP contribution in [0.25, 0.3) is 15.6 Å². The molecule has 1 aromatic heterocycles. The Morgan fingerprint density at radius 3 is 2.66 bits per heavy atom. The van der Waals surface area contributed by atoms with Gasteiger partial charge in [-0.2, -0.15) is 50.5 Å². The van der Waals surface area contributed by atoms with Crippen LogP contribution in [0.15, 0.2) is 48.6 Å². The molecule has 270 valence electrons. The lowest BCUT2D eigenvalue weighted by Gasteiger charge is -2.41. The number of ether oxygens (including phenoxy) is 2. The van der Waals surface area contributed by atoms with Gasteiger partial charge in [0.2, 0.25) is 12.5 Å². The molecule has 3 atom stereocenters. The molecule has 10 nitrogen and oxygen atoms in total. The molecule has 0 N–H and O–H groups in total. The summed E-state index contributed by atoms with van der Waals surface area (Å²) in [5.74, 6) is 0.530. The minimum Gasteiger partial charge on any atom is -0.463 e. The van der Waals surface area contributed by atoms with Crippen LogP contribution in [-0.2, 0) is 22.5 Å². The number of halogens is 2. The number of hydrogen-bond donors (Lipinski definition) is 0. The Kier molecular flexibility index (Phi) is 14.4. The van der Waals surface area contributed by atoms with E-state index in [1.165, 1.54) is 12.2 Å². The number of amides is 1. The third-order valence-electron chi connectivity index (χ3n) is 9.75. The average Bonchev–Trinajstić information content (AvgIpc) is 3.72. The van der Waals surface area contributed by atoms with Crippen LogP contribution in [-0.4, -0.2) is 110 Å². The highest BCUT2D eigenvalue weighted by atomic mass is 35.5. The first kappa shape index (κ1) is 39.8. The van der Waals surface area contributed by atoms with E-state index in [9.17, 15) is 9.18 Å². The topological polar surface area (TPSA) is 78.6 Å². The molecule has 1 amide bonds. The monoisotopic (exact) mass is 761 g/mol. The molecule has 4 aliphatic rings. The Morgan fingerprint density at radius 2 is 1.92 bits per heavy atom. The highest BCUT2D eigenvalue weighted by Crippen LogP contribution is 2.37. The van der Waals surface area contributed by atoms with Gasteiger partial charge in [0.1, 0.15) is 18.5 Å². The van der Waals surface area contributed by atoms with Crippen molar-refractivity contribution in [1.29, 1.82) is 0 Å². The molecule has 0 aliphatic carbocycles. The predicted octanol–water partition coefficient (Wildman–Crippen LogP) is 4.89. The van der Waals surface area contributed by atoms with Gasteiger partial charge in [-0.1, -0.05) is 35.9 Å². The number of allylic oxidation sites excluding steroid dienone is 1. The summed E-state index contributed by atoms with van der Waals surface area (Å²) < 4.78 is 24.7. The maximum Gasteiger partial charge on any atom is 0.318 e. The molecule has 15 heteroatoms. The summed E-state index contributed by atoms with van der Waals surface area (Å²) in [5, 5.41) is 2.83. The van der Waals surface area contributed by atoms with Crippen molar-refractivity contribution >= 4 is 80.3 Å². The number of aromatic nitrogens is 2. The standard InChI is InChI=1S/C35H39ClFN7O3.3H2S/c1-38-19-26-20-43(15-16-44(26)32(45)10-4-12-37)34-28-11-14-42(31-9-3-7-24-6-2-8-29(36)33(24)31)22-30(28)39-35(40-34)46-17-5-13-41-21-27-18-25(41)23-47-27;;;/h2-4,6-10,25-27H,5,11-23H2;3*1H2/b10-4+;;;/t25-,26-,27-;;;/m0.../s1. The molecule has 50 heavy (non-hydrogen) atoms. The fourth-order valence-electron chi connectivity index (χ4n) is 7.48. The van der Waals surface area contributed by atoms with E-state index in [1.54, 1.807) is 4.90 Å². The fraction of sp³-hybridized carbons (Fsp3) is 0.486. The Balaban J connectivity index is 0.00000187. The number of piperazine rings is 1. The maximum atomic E-state index is 12.8. The first-order chi connectivity index (χ1) is 23.0. The van der Waals surface area contributed by atoms with E-state index >= 15 is 0 Å². The van der Waals surface area contributed by atoms with Crippen molar-refractivity contribution in [1.82, 2.24) is 19.8 Å². The van der Waals surface area contributed by atoms with Gasteiger partial charge in [0.05, 0.1) is 36.6 Å². The van der Waals surface area contributed by atoms with Gasteiger partial charge in [0.15, 0.2) is 0 Å². The number of hydrogen-bond acceptors (Lipinski definition) is 8. The minimum absolute atomic E-state index is 0. The lowest BCUT2D eigenvalue weighted by Crippen LogP contribution is -2.56. The van der Waals surface area contributed by atoms with E-state index in [0.29, 0.717) is 56.0 Å². The number of carbonyl (C=O) groups excluding carboxylic acids is 1. The van der Waals surface area contributed by atoms with Crippen LogP contribution in [0.2, 0.25) is 5.02 Å². The number of benzene rings is 2. The van der Waals surface area contributed by atoms with Gasteiger partial charge in [-0.3, -0.25) is 9.69 Å². The summed E-state index contributed by atoms with van der Waals surface area (Å²) in [4.78, 5) is 35.0. The average molecular weight is 762 g/mol. The molecule has 0 unspecified atom stereocenters. The second-order valence-electron chi connectivity index (χ2n) is 12.6. The summed E-state index contributed by atoms with van der Waals surface area (Å²) in [6.45, 7) is 13.0. The van der Waals surface area contributed by atoms with Gasteiger partial charge in [0.25, 0.3) is 0 Å². The van der Waals surface area contributed by atoms with E-state index in [0.717, 1.165) is 79.0 Å². The third kappa shape index (κ3) is 8.40. The van der Waals surface area contributed by atoms with E-state index in [2.05, 4.69) is 43.8 Å². The van der Waals surface area contributed by atoms with Crippen LogP contribution in [0.5, 0.6) is 6.01 Å². The summed E-state index contributed by atoms with van der Waals surface area (Å²) in [5.41, 5.74) is 3.03. The molecule has 3 aromatic rings. The van der Waals surface area contributed by atoms with Crippen LogP contribution in [0, 0.1) is 6.57 Å². The smallest absolute Gasteiger partial charge is 0.318 e. The largest absolute Gasteiger partial charge is 0.463 e.